The zero-order chi connectivity index (χ0) is 20.5. The number of pyridine rings is 1. The molecule has 2 nitrogen and oxygen atoms in total. The van der Waals surface area contributed by atoms with E-state index in [1.54, 1.807) is 0 Å². The van der Waals surface area contributed by atoms with Crippen molar-refractivity contribution in [3.05, 3.63) is 96.7 Å². The van der Waals surface area contributed by atoms with Crippen LogP contribution in [-0.2, 0) is 6.42 Å². The number of benzene rings is 2. The van der Waals surface area contributed by atoms with Gasteiger partial charge in [-0.3, -0.25) is 4.98 Å². The molecular formula is C27H29NO. The molecule has 29 heavy (non-hydrogen) atoms. The van der Waals surface area contributed by atoms with Gasteiger partial charge < -0.3 is 5.11 Å². The van der Waals surface area contributed by atoms with E-state index in [4.69, 9.17) is 0 Å². The van der Waals surface area contributed by atoms with E-state index >= 15 is 0 Å². The van der Waals surface area contributed by atoms with Crippen molar-refractivity contribution < 1.29 is 5.11 Å². The average molecular weight is 384 g/mol. The lowest BCUT2D eigenvalue weighted by molar-refractivity contribution is 0.182. The zero-order valence-electron chi connectivity index (χ0n) is 17.1. The molecule has 148 valence electrons. The normalized spacial score (nSPS) is 12.2. The van der Waals surface area contributed by atoms with E-state index in [2.05, 4.69) is 84.4 Å². The van der Waals surface area contributed by atoms with Crippen molar-refractivity contribution in [3.63, 3.8) is 0 Å². The lowest BCUT2D eigenvalue weighted by Gasteiger charge is -2.06. The summed E-state index contributed by atoms with van der Waals surface area (Å²) in [5, 5.41) is 9.28. The quantitative estimate of drug-likeness (QED) is 0.329. The zero-order valence-corrected chi connectivity index (χ0v) is 17.1. The fourth-order valence-corrected chi connectivity index (χ4v) is 3.26. The SMILES string of the molecule is C=CCc1ccc(-c2ccc(-c3ccc(C=CCCCC(C)O)cn3)cc2)cc1. The Morgan fingerprint density at radius 1 is 0.931 bits per heavy atom. The van der Waals surface area contributed by atoms with Gasteiger partial charge in [0.1, 0.15) is 0 Å². The van der Waals surface area contributed by atoms with Gasteiger partial charge in [-0.2, -0.15) is 0 Å². The first-order valence-electron chi connectivity index (χ1n) is 10.3. The van der Waals surface area contributed by atoms with Crippen molar-refractivity contribution in [2.75, 3.05) is 0 Å². The Bertz CT molecular complexity index is 920. The number of aliphatic hydroxyl groups is 1. The van der Waals surface area contributed by atoms with Crippen LogP contribution in [-0.4, -0.2) is 16.2 Å². The highest BCUT2D eigenvalue weighted by molar-refractivity contribution is 5.69. The second-order valence-corrected chi connectivity index (χ2v) is 7.43. The van der Waals surface area contributed by atoms with Crippen LogP contribution < -0.4 is 0 Å². The summed E-state index contributed by atoms with van der Waals surface area (Å²) in [7, 11) is 0. The van der Waals surface area contributed by atoms with E-state index in [1.165, 1.54) is 16.7 Å². The number of hydrogen-bond acceptors (Lipinski definition) is 2. The predicted octanol–water partition coefficient (Wildman–Crippen LogP) is 6.71. The van der Waals surface area contributed by atoms with Crippen LogP contribution in [0, 0.1) is 0 Å². The fourth-order valence-electron chi connectivity index (χ4n) is 3.26. The van der Waals surface area contributed by atoms with E-state index in [0.29, 0.717) is 0 Å². The summed E-state index contributed by atoms with van der Waals surface area (Å²) >= 11 is 0. The molecule has 1 atom stereocenters. The van der Waals surface area contributed by atoms with Gasteiger partial charge in [-0.05, 0) is 60.9 Å². The molecule has 2 aromatic carbocycles. The van der Waals surface area contributed by atoms with Crippen molar-refractivity contribution in [1.29, 1.82) is 0 Å². The summed E-state index contributed by atoms with van der Waals surface area (Å²) in [6.07, 6.45) is 11.6. The van der Waals surface area contributed by atoms with Crippen molar-refractivity contribution in [2.24, 2.45) is 0 Å². The second kappa shape index (κ2) is 10.5. The predicted molar refractivity (Wildman–Crippen MR) is 124 cm³/mol. The molecule has 0 aliphatic heterocycles. The first-order chi connectivity index (χ1) is 14.2. The van der Waals surface area contributed by atoms with Crippen LogP contribution in [0.25, 0.3) is 28.5 Å². The van der Waals surface area contributed by atoms with Crippen LogP contribution in [0.15, 0.2) is 85.6 Å². The molecule has 1 aromatic heterocycles. The third-order valence-corrected chi connectivity index (χ3v) is 4.94. The Labute approximate surface area is 174 Å². The number of nitrogens with zero attached hydrogens (tertiary/aromatic N) is 1. The minimum Gasteiger partial charge on any atom is -0.393 e. The molecule has 2 heteroatoms. The third-order valence-electron chi connectivity index (χ3n) is 4.94. The average Bonchev–Trinajstić information content (AvgIpc) is 2.75. The van der Waals surface area contributed by atoms with Gasteiger partial charge in [-0.1, -0.05) is 72.8 Å². The summed E-state index contributed by atoms with van der Waals surface area (Å²) in [6, 6.07) is 21.3. The summed E-state index contributed by atoms with van der Waals surface area (Å²) in [4.78, 5) is 4.61. The van der Waals surface area contributed by atoms with Crippen LogP contribution in [0.1, 0.15) is 37.3 Å². The van der Waals surface area contributed by atoms with E-state index in [-0.39, 0.29) is 6.10 Å². The number of aliphatic hydroxyl groups excluding tert-OH is 1. The summed E-state index contributed by atoms with van der Waals surface area (Å²) < 4.78 is 0. The molecule has 1 unspecified atom stereocenters. The molecule has 1 heterocycles. The molecule has 3 aromatic rings. The molecule has 3 rings (SSSR count). The van der Waals surface area contributed by atoms with Crippen LogP contribution in [0.3, 0.4) is 0 Å². The molecule has 0 radical (unpaired) electrons. The highest BCUT2D eigenvalue weighted by Gasteiger charge is 2.02. The van der Waals surface area contributed by atoms with E-state index in [9.17, 15) is 5.11 Å². The van der Waals surface area contributed by atoms with Gasteiger partial charge >= 0.3 is 0 Å². The van der Waals surface area contributed by atoms with Gasteiger partial charge in [0.2, 0.25) is 0 Å². The monoisotopic (exact) mass is 383 g/mol. The van der Waals surface area contributed by atoms with E-state index in [1.807, 2.05) is 19.2 Å². The summed E-state index contributed by atoms with van der Waals surface area (Å²) in [6.45, 7) is 5.62. The molecular weight excluding hydrogens is 354 g/mol. The van der Waals surface area contributed by atoms with E-state index < -0.39 is 0 Å². The Kier molecular flexibility index (Phi) is 7.54. The molecule has 0 spiro atoms. The summed E-state index contributed by atoms with van der Waals surface area (Å²) in [5.41, 5.74) is 6.89. The van der Waals surface area contributed by atoms with Gasteiger partial charge in [0.15, 0.2) is 0 Å². The maximum absolute atomic E-state index is 9.28. The van der Waals surface area contributed by atoms with Gasteiger partial charge in [-0.25, -0.2) is 0 Å². The lowest BCUT2D eigenvalue weighted by Crippen LogP contribution is -1.97. The van der Waals surface area contributed by atoms with Gasteiger partial charge in [-0.15, -0.1) is 6.58 Å². The van der Waals surface area contributed by atoms with Crippen LogP contribution in [0.4, 0.5) is 0 Å². The van der Waals surface area contributed by atoms with Gasteiger partial charge in [0.25, 0.3) is 0 Å². The molecule has 0 saturated carbocycles. The molecule has 1 N–H and O–H groups in total. The van der Waals surface area contributed by atoms with Crippen molar-refractivity contribution >= 4 is 6.08 Å². The maximum Gasteiger partial charge on any atom is 0.0702 e. The Balaban J connectivity index is 1.62. The second-order valence-electron chi connectivity index (χ2n) is 7.43. The molecule has 0 aliphatic carbocycles. The highest BCUT2D eigenvalue weighted by atomic mass is 16.3. The number of rotatable bonds is 9. The van der Waals surface area contributed by atoms with Gasteiger partial charge in [0.05, 0.1) is 11.8 Å². The van der Waals surface area contributed by atoms with Crippen molar-refractivity contribution in [3.8, 4) is 22.4 Å². The smallest absolute Gasteiger partial charge is 0.0702 e. The number of allylic oxidation sites excluding steroid dienone is 2. The maximum atomic E-state index is 9.28. The highest BCUT2D eigenvalue weighted by Crippen LogP contribution is 2.24. The topological polar surface area (TPSA) is 33.1 Å². The number of hydrogen-bond donors (Lipinski definition) is 1. The Morgan fingerprint density at radius 3 is 2.17 bits per heavy atom. The largest absolute Gasteiger partial charge is 0.393 e. The Hall–Kier alpha value is -2.97. The molecule has 0 amide bonds. The first-order valence-corrected chi connectivity index (χ1v) is 10.3. The van der Waals surface area contributed by atoms with Crippen LogP contribution in [0.5, 0.6) is 0 Å². The van der Waals surface area contributed by atoms with Crippen LogP contribution >= 0.6 is 0 Å². The number of unbranched alkanes of at least 4 members (excludes halogenated alkanes) is 1. The number of aromatic nitrogens is 1. The van der Waals surface area contributed by atoms with Crippen molar-refractivity contribution in [2.45, 2.75) is 38.7 Å². The van der Waals surface area contributed by atoms with Gasteiger partial charge in [0, 0.05) is 11.8 Å². The van der Waals surface area contributed by atoms with Crippen molar-refractivity contribution in [1.82, 2.24) is 4.98 Å². The minimum atomic E-state index is -0.215. The van der Waals surface area contributed by atoms with E-state index in [0.717, 1.165) is 42.5 Å². The lowest BCUT2D eigenvalue weighted by atomic mass is 10.0. The molecule has 0 bridgehead atoms. The summed E-state index contributed by atoms with van der Waals surface area (Å²) in [5.74, 6) is 0. The fraction of sp³-hybridized carbons (Fsp3) is 0.222. The molecule has 0 fully saturated rings. The Morgan fingerprint density at radius 2 is 1.59 bits per heavy atom. The van der Waals surface area contributed by atoms with Crippen LogP contribution in [0.2, 0.25) is 0 Å². The standard InChI is InChI=1S/C27H29NO/c1-3-7-22-10-13-24(14-11-22)25-15-17-26(18-16-25)27-19-12-23(20-28-27)9-6-4-5-8-21(2)29/h3,6,9-21,29H,1,4-5,7-8H2,2H3. The minimum absolute atomic E-state index is 0.215. The first kappa shape index (κ1) is 20.8. The third kappa shape index (κ3) is 6.27. The molecule has 0 aliphatic rings. The molecule has 0 saturated heterocycles.